The molecular formula is C14H23N3O. The van der Waals surface area contributed by atoms with Crippen LogP contribution in [0.4, 0.5) is 11.5 Å². The van der Waals surface area contributed by atoms with Gasteiger partial charge >= 0.3 is 0 Å². The van der Waals surface area contributed by atoms with Crippen molar-refractivity contribution in [3.8, 4) is 0 Å². The number of ether oxygens (including phenoxy) is 1. The standard InChI is InChI=1S/C14H23N3O/c1-14(2,3)11-16-12-4-5-13(15-10-12)17-6-8-18-9-7-17/h4-5,10,16H,6-9,11H2,1-3H3. The predicted molar refractivity (Wildman–Crippen MR) is 75.2 cm³/mol. The minimum atomic E-state index is 0.281. The van der Waals surface area contributed by atoms with Crippen molar-refractivity contribution in [1.82, 2.24) is 4.98 Å². The monoisotopic (exact) mass is 249 g/mol. The lowest BCUT2D eigenvalue weighted by atomic mass is 9.97. The fourth-order valence-electron chi connectivity index (χ4n) is 1.84. The summed E-state index contributed by atoms with van der Waals surface area (Å²) in [5.74, 6) is 1.04. The van der Waals surface area contributed by atoms with Crippen molar-refractivity contribution in [3.05, 3.63) is 18.3 Å². The Morgan fingerprint density at radius 3 is 2.56 bits per heavy atom. The van der Waals surface area contributed by atoms with E-state index in [0.717, 1.165) is 44.4 Å². The normalized spacial score (nSPS) is 16.7. The Hall–Kier alpha value is -1.29. The molecular weight excluding hydrogens is 226 g/mol. The van der Waals surface area contributed by atoms with E-state index in [1.54, 1.807) is 0 Å². The van der Waals surface area contributed by atoms with Crippen molar-refractivity contribution in [2.24, 2.45) is 5.41 Å². The molecule has 0 aromatic carbocycles. The zero-order valence-corrected chi connectivity index (χ0v) is 11.6. The number of pyridine rings is 1. The molecule has 0 radical (unpaired) electrons. The summed E-state index contributed by atoms with van der Waals surface area (Å²) < 4.78 is 5.34. The van der Waals surface area contributed by atoms with E-state index in [-0.39, 0.29) is 5.41 Å². The van der Waals surface area contributed by atoms with Crippen molar-refractivity contribution in [3.63, 3.8) is 0 Å². The number of morpholine rings is 1. The molecule has 0 saturated carbocycles. The van der Waals surface area contributed by atoms with Crippen LogP contribution in [0.2, 0.25) is 0 Å². The topological polar surface area (TPSA) is 37.4 Å². The van der Waals surface area contributed by atoms with Gasteiger partial charge in [0.25, 0.3) is 0 Å². The first-order valence-corrected chi connectivity index (χ1v) is 6.57. The second-order valence-electron chi connectivity index (χ2n) is 5.92. The highest BCUT2D eigenvalue weighted by atomic mass is 16.5. The Balaban J connectivity index is 1.92. The fraction of sp³-hybridized carbons (Fsp3) is 0.643. The second-order valence-corrected chi connectivity index (χ2v) is 5.92. The minimum Gasteiger partial charge on any atom is -0.383 e. The highest BCUT2D eigenvalue weighted by Crippen LogP contribution is 2.18. The summed E-state index contributed by atoms with van der Waals surface area (Å²) in [7, 11) is 0. The summed E-state index contributed by atoms with van der Waals surface area (Å²) in [6.07, 6.45) is 1.91. The molecule has 4 heteroatoms. The molecule has 1 aromatic heterocycles. The van der Waals surface area contributed by atoms with Gasteiger partial charge in [0.1, 0.15) is 5.82 Å². The molecule has 1 aliphatic heterocycles. The van der Waals surface area contributed by atoms with Gasteiger partial charge in [0, 0.05) is 19.6 Å². The van der Waals surface area contributed by atoms with E-state index in [2.05, 4.69) is 48.1 Å². The largest absolute Gasteiger partial charge is 0.383 e. The molecule has 0 spiro atoms. The Labute approximate surface area is 109 Å². The molecule has 0 amide bonds. The summed E-state index contributed by atoms with van der Waals surface area (Å²) in [5.41, 5.74) is 1.37. The molecule has 2 heterocycles. The van der Waals surface area contributed by atoms with E-state index in [0.29, 0.717) is 0 Å². The van der Waals surface area contributed by atoms with Gasteiger partial charge in [0.05, 0.1) is 25.1 Å². The second kappa shape index (κ2) is 5.57. The van der Waals surface area contributed by atoms with Gasteiger partial charge in [0.2, 0.25) is 0 Å². The summed E-state index contributed by atoms with van der Waals surface area (Å²) in [6.45, 7) is 11.1. The number of hydrogen-bond donors (Lipinski definition) is 1. The highest BCUT2D eigenvalue weighted by molar-refractivity contribution is 5.48. The number of nitrogens with zero attached hydrogens (tertiary/aromatic N) is 2. The van der Waals surface area contributed by atoms with Crippen molar-refractivity contribution >= 4 is 11.5 Å². The average Bonchev–Trinajstić information content (AvgIpc) is 2.37. The molecule has 0 bridgehead atoms. The summed E-state index contributed by atoms with van der Waals surface area (Å²) in [6, 6.07) is 4.18. The van der Waals surface area contributed by atoms with Crippen LogP contribution >= 0.6 is 0 Å². The molecule has 1 fully saturated rings. The number of aromatic nitrogens is 1. The molecule has 4 nitrogen and oxygen atoms in total. The van der Waals surface area contributed by atoms with Gasteiger partial charge in [0.15, 0.2) is 0 Å². The molecule has 100 valence electrons. The van der Waals surface area contributed by atoms with Crippen LogP contribution in [0.5, 0.6) is 0 Å². The molecule has 0 unspecified atom stereocenters. The first-order chi connectivity index (χ1) is 8.54. The van der Waals surface area contributed by atoms with E-state index in [9.17, 15) is 0 Å². The Morgan fingerprint density at radius 2 is 2.00 bits per heavy atom. The number of nitrogens with one attached hydrogen (secondary N) is 1. The third kappa shape index (κ3) is 3.88. The summed E-state index contributed by atoms with van der Waals surface area (Å²) >= 11 is 0. The Kier molecular flexibility index (Phi) is 4.07. The first-order valence-electron chi connectivity index (χ1n) is 6.57. The third-order valence-corrected chi connectivity index (χ3v) is 2.91. The summed E-state index contributed by atoms with van der Waals surface area (Å²) in [4.78, 5) is 6.77. The Bertz CT molecular complexity index is 364. The predicted octanol–water partition coefficient (Wildman–Crippen LogP) is 2.38. The van der Waals surface area contributed by atoms with E-state index < -0.39 is 0 Å². The van der Waals surface area contributed by atoms with Gasteiger partial charge in [-0.15, -0.1) is 0 Å². The number of hydrogen-bond acceptors (Lipinski definition) is 4. The molecule has 1 N–H and O–H groups in total. The maximum atomic E-state index is 5.34. The lowest BCUT2D eigenvalue weighted by molar-refractivity contribution is 0.122. The van der Waals surface area contributed by atoms with E-state index in [4.69, 9.17) is 4.74 Å². The molecule has 0 atom stereocenters. The maximum Gasteiger partial charge on any atom is 0.128 e. The van der Waals surface area contributed by atoms with Gasteiger partial charge in [-0.05, 0) is 17.5 Å². The molecule has 0 aliphatic carbocycles. The smallest absolute Gasteiger partial charge is 0.128 e. The van der Waals surface area contributed by atoms with E-state index in [1.807, 2.05) is 6.20 Å². The van der Waals surface area contributed by atoms with Crippen LogP contribution < -0.4 is 10.2 Å². The molecule has 1 aromatic rings. The van der Waals surface area contributed by atoms with E-state index >= 15 is 0 Å². The van der Waals surface area contributed by atoms with Crippen LogP contribution in [0.3, 0.4) is 0 Å². The van der Waals surface area contributed by atoms with Gasteiger partial charge < -0.3 is 15.0 Å². The fourth-order valence-corrected chi connectivity index (χ4v) is 1.84. The minimum absolute atomic E-state index is 0.281. The van der Waals surface area contributed by atoms with Crippen molar-refractivity contribution in [2.75, 3.05) is 43.1 Å². The van der Waals surface area contributed by atoms with Crippen LogP contribution in [0.25, 0.3) is 0 Å². The quantitative estimate of drug-likeness (QED) is 0.892. The zero-order chi connectivity index (χ0) is 13.0. The third-order valence-electron chi connectivity index (χ3n) is 2.91. The zero-order valence-electron chi connectivity index (χ0n) is 11.6. The number of rotatable bonds is 3. The lowest BCUT2D eigenvalue weighted by Gasteiger charge is -2.28. The van der Waals surface area contributed by atoms with Crippen LogP contribution in [0.15, 0.2) is 18.3 Å². The van der Waals surface area contributed by atoms with Crippen molar-refractivity contribution in [2.45, 2.75) is 20.8 Å². The maximum absolute atomic E-state index is 5.34. The molecule has 1 saturated heterocycles. The van der Waals surface area contributed by atoms with Crippen LogP contribution in [0.1, 0.15) is 20.8 Å². The lowest BCUT2D eigenvalue weighted by Crippen LogP contribution is -2.36. The number of anilines is 2. The van der Waals surface area contributed by atoms with E-state index in [1.165, 1.54) is 0 Å². The van der Waals surface area contributed by atoms with Gasteiger partial charge in [-0.2, -0.15) is 0 Å². The van der Waals surface area contributed by atoms with Gasteiger partial charge in [-0.25, -0.2) is 4.98 Å². The molecule has 1 aliphatic rings. The van der Waals surface area contributed by atoms with Gasteiger partial charge in [-0.1, -0.05) is 20.8 Å². The van der Waals surface area contributed by atoms with Crippen LogP contribution in [-0.4, -0.2) is 37.8 Å². The van der Waals surface area contributed by atoms with Crippen molar-refractivity contribution < 1.29 is 4.74 Å². The van der Waals surface area contributed by atoms with Crippen LogP contribution in [-0.2, 0) is 4.74 Å². The van der Waals surface area contributed by atoms with Gasteiger partial charge in [-0.3, -0.25) is 0 Å². The molecule has 18 heavy (non-hydrogen) atoms. The highest BCUT2D eigenvalue weighted by Gasteiger charge is 2.12. The Morgan fingerprint density at radius 1 is 1.28 bits per heavy atom. The van der Waals surface area contributed by atoms with Crippen LogP contribution in [0, 0.1) is 5.41 Å². The summed E-state index contributed by atoms with van der Waals surface area (Å²) in [5, 5.41) is 3.41. The first kappa shape index (κ1) is 13.1. The SMILES string of the molecule is CC(C)(C)CNc1ccc(N2CCOCC2)nc1. The molecule has 2 rings (SSSR count). The van der Waals surface area contributed by atoms with Crippen molar-refractivity contribution in [1.29, 1.82) is 0 Å². The average molecular weight is 249 g/mol.